The Labute approximate surface area is 112 Å². The minimum absolute atomic E-state index is 0.416. The first kappa shape index (κ1) is 12.2. The molecule has 1 nitrogen and oxygen atoms in total. The number of hydrogen-bond acceptors (Lipinski definition) is 1. The Kier molecular flexibility index (Phi) is 3.48. The van der Waals surface area contributed by atoms with Gasteiger partial charge in [0.1, 0.15) is 5.76 Å². The number of hydrogen-bond donors (Lipinski definition) is 0. The lowest BCUT2D eigenvalue weighted by Gasteiger charge is -2.28. The molecule has 1 fully saturated rings. The van der Waals surface area contributed by atoms with Crippen LogP contribution < -0.4 is 0 Å². The highest BCUT2D eigenvalue weighted by molar-refractivity contribution is 14.1. The normalized spacial score (nSPS) is 22.9. The van der Waals surface area contributed by atoms with Crippen molar-refractivity contribution in [3.8, 4) is 0 Å². The Morgan fingerprint density at radius 2 is 1.88 bits per heavy atom. The van der Waals surface area contributed by atoms with Crippen LogP contribution in [-0.2, 0) is 3.07 Å². The van der Waals surface area contributed by atoms with E-state index in [1.807, 2.05) is 23.0 Å². The zero-order valence-electron chi connectivity index (χ0n) is 9.94. The van der Waals surface area contributed by atoms with Gasteiger partial charge in [0.2, 0.25) is 0 Å². The van der Waals surface area contributed by atoms with E-state index in [9.17, 15) is 0 Å². The fourth-order valence-corrected chi connectivity index (χ4v) is 3.79. The van der Waals surface area contributed by atoms with Gasteiger partial charge in [-0.2, -0.15) is 0 Å². The lowest BCUT2D eigenvalue weighted by molar-refractivity contribution is 0.369. The summed E-state index contributed by atoms with van der Waals surface area (Å²) in [5, 5.41) is 0. The van der Waals surface area contributed by atoms with Gasteiger partial charge < -0.3 is 3.07 Å². The molecule has 0 atom stereocenters. The van der Waals surface area contributed by atoms with Crippen molar-refractivity contribution in [1.29, 1.82) is 0 Å². The summed E-state index contributed by atoms with van der Waals surface area (Å²) in [5.41, 5.74) is 4.42. The largest absolute Gasteiger partial charge is 0.428 e. The quantitative estimate of drug-likeness (QED) is 0.517. The smallest absolute Gasteiger partial charge is 0.192 e. The average molecular weight is 330 g/mol. The van der Waals surface area contributed by atoms with E-state index < -0.39 is 0 Å². The Bertz CT molecular complexity index is 359. The molecule has 0 unspecified atom stereocenters. The van der Waals surface area contributed by atoms with E-state index in [0.717, 1.165) is 12.2 Å². The van der Waals surface area contributed by atoms with Crippen LogP contribution in [0, 0.1) is 5.41 Å². The minimum Gasteiger partial charge on any atom is -0.428 e. The third-order valence-corrected chi connectivity index (χ3v) is 4.63. The van der Waals surface area contributed by atoms with Crippen molar-refractivity contribution >= 4 is 23.0 Å². The average Bonchev–Trinajstić information content (AvgIpc) is 2.86. The highest BCUT2D eigenvalue weighted by atomic mass is 127. The third kappa shape index (κ3) is 1.85. The van der Waals surface area contributed by atoms with Gasteiger partial charge in [0.25, 0.3) is 0 Å². The van der Waals surface area contributed by atoms with Crippen LogP contribution in [0.2, 0.25) is 0 Å². The maximum absolute atomic E-state index is 5.29. The molecule has 0 aliphatic heterocycles. The zero-order chi connectivity index (χ0) is 11.8. The van der Waals surface area contributed by atoms with Crippen molar-refractivity contribution in [3.05, 3.63) is 35.6 Å². The fraction of sp³-hybridized carbons (Fsp3) is 0.571. The predicted molar refractivity (Wildman–Crippen MR) is 76.2 cm³/mol. The van der Waals surface area contributed by atoms with E-state index in [2.05, 4.69) is 20.1 Å². The van der Waals surface area contributed by atoms with Gasteiger partial charge in [0.15, 0.2) is 23.0 Å². The van der Waals surface area contributed by atoms with Crippen molar-refractivity contribution in [2.45, 2.75) is 45.4 Å². The maximum Gasteiger partial charge on any atom is 0.192 e. The molecule has 2 aliphatic rings. The molecule has 88 valence electrons. The first-order chi connectivity index (χ1) is 7.60. The molecule has 0 amide bonds. The fourth-order valence-electron chi connectivity index (χ4n) is 3.52. The summed E-state index contributed by atoms with van der Waals surface area (Å²) in [4.78, 5) is 0. The second-order valence-electron chi connectivity index (χ2n) is 5.12. The third-order valence-electron chi connectivity index (χ3n) is 4.10. The summed E-state index contributed by atoms with van der Waals surface area (Å²) in [7, 11) is 0. The van der Waals surface area contributed by atoms with E-state index >= 15 is 0 Å². The number of halogens is 1. The van der Waals surface area contributed by atoms with Crippen LogP contribution in [0.4, 0.5) is 0 Å². The van der Waals surface area contributed by atoms with Gasteiger partial charge in [-0.1, -0.05) is 31.6 Å². The Morgan fingerprint density at radius 3 is 2.38 bits per heavy atom. The second kappa shape index (κ2) is 4.55. The van der Waals surface area contributed by atoms with Crippen molar-refractivity contribution in [1.82, 2.24) is 0 Å². The van der Waals surface area contributed by atoms with Gasteiger partial charge in [-0.15, -0.1) is 0 Å². The van der Waals surface area contributed by atoms with E-state index in [4.69, 9.17) is 3.07 Å². The summed E-state index contributed by atoms with van der Waals surface area (Å²) in [5.74, 6) is 0.836. The van der Waals surface area contributed by atoms with Crippen molar-refractivity contribution in [2.75, 3.05) is 0 Å². The summed E-state index contributed by atoms with van der Waals surface area (Å²) in [6.45, 7) is 10.3. The van der Waals surface area contributed by atoms with Crippen LogP contribution in [0.25, 0.3) is 0 Å². The molecule has 1 spiro atoms. The topological polar surface area (TPSA) is 9.23 Å². The zero-order valence-corrected chi connectivity index (χ0v) is 12.1. The molecule has 16 heavy (non-hydrogen) atoms. The minimum atomic E-state index is 0.416. The Hall–Kier alpha value is -0.250. The van der Waals surface area contributed by atoms with E-state index in [-0.39, 0.29) is 0 Å². The maximum atomic E-state index is 5.29. The van der Waals surface area contributed by atoms with Gasteiger partial charge in [0, 0.05) is 0 Å². The summed E-state index contributed by atoms with van der Waals surface area (Å²) in [6.07, 6.45) is 7.76. The molecular formula is C14H19IO. The highest BCUT2D eigenvalue weighted by Crippen LogP contribution is 2.56. The van der Waals surface area contributed by atoms with Crippen molar-refractivity contribution < 1.29 is 3.07 Å². The van der Waals surface area contributed by atoms with Crippen LogP contribution in [0.15, 0.2) is 35.6 Å². The first-order valence-corrected chi connectivity index (χ1v) is 6.86. The molecule has 0 aromatic rings. The Balaban J connectivity index is 2.42. The monoisotopic (exact) mass is 330 g/mol. The summed E-state index contributed by atoms with van der Waals surface area (Å²) < 4.78 is 5.29. The molecule has 0 bridgehead atoms. The first-order valence-electron chi connectivity index (χ1n) is 5.98. The van der Waals surface area contributed by atoms with Crippen LogP contribution in [0.5, 0.6) is 0 Å². The molecule has 0 N–H and O–H groups in total. The Morgan fingerprint density at radius 1 is 1.25 bits per heavy atom. The van der Waals surface area contributed by atoms with Gasteiger partial charge in [-0.3, -0.25) is 0 Å². The second-order valence-corrected chi connectivity index (χ2v) is 5.56. The molecular weight excluding hydrogens is 311 g/mol. The van der Waals surface area contributed by atoms with Crippen molar-refractivity contribution in [3.63, 3.8) is 0 Å². The molecule has 0 aromatic heterocycles. The van der Waals surface area contributed by atoms with Crippen LogP contribution in [0.3, 0.4) is 0 Å². The van der Waals surface area contributed by atoms with Gasteiger partial charge in [0.05, 0.1) is 0 Å². The van der Waals surface area contributed by atoms with Crippen LogP contribution in [0.1, 0.15) is 45.4 Å². The molecule has 0 heterocycles. The van der Waals surface area contributed by atoms with Gasteiger partial charge in [-0.25, -0.2) is 0 Å². The van der Waals surface area contributed by atoms with Crippen LogP contribution >= 0.6 is 23.0 Å². The highest BCUT2D eigenvalue weighted by Gasteiger charge is 2.43. The van der Waals surface area contributed by atoms with Crippen LogP contribution in [-0.4, -0.2) is 0 Å². The molecule has 0 saturated heterocycles. The summed E-state index contributed by atoms with van der Waals surface area (Å²) in [6, 6.07) is 0. The van der Waals surface area contributed by atoms with Gasteiger partial charge >= 0.3 is 0 Å². The molecule has 2 aliphatic carbocycles. The van der Waals surface area contributed by atoms with Crippen molar-refractivity contribution in [2.24, 2.45) is 5.41 Å². The molecule has 0 aromatic carbocycles. The molecule has 1 saturated carbocycles. The lowest BCUT2D eigenvalue weighted by Crippen LogP contribution is -2.16. The predicted octanol–water partition coefficient (Wildman–Crippen LogP) is 5.09. The SMILES string of the molecule is C=C(C)C1=C(C(=C)OI)CCC12CCCC2. The number of rotatable bonds is 3. The molecule has 2 heteroatoms. The molecule has 2 rings (SSSR count). The van der Waals surface area contributed by atoms with E-state index in [1.165, 1.54) is 48.8 Å². The standard InChI is InChI=1S/C14H19IO/c1-10(2)13-12(11(3)16-15)6-9-14(13)7-4-5-8-14/h1,3-9H2,2H3. The van der Waals surface area contributed by atoms with Gasteiger partial charge in [-0.05, 0) is 49.2 Å². The van der Waals surface area contributed by atoms with E-state index in [1.54, 1.807) is 0 Å². The molecule has 0 radical (unpaired) electrons. The summed E-state index contributed by atoms with van der Waals surface area (Å²) >= 11 is 1.92. The number of allylic oxidation sites excluding steroid dienone is 3. The lowest BCUT2D eigenvalue weighted by atomic mass is 9.76. The van der Waals surface area contributed by atoms with E-state index in [0.29, 0.717) is 5.41 Å².